The second-order valence-corrected chi connectivity index (χ2v) is 5.60. The Labute approximate surface area is 112 Å². The molecule has 0 amide bonds. The van der Waals surface area contributed by atoms with Gasteiger partial charge in [-0.2, -0.15) is 4.39 Å². The van der Waals surface area contributed by atoms with E-state index in [4.69, 9.17) is 0 Å². The summed E-state index contributed by atoms with van der Waals surface area (Å²) in [5, 5.41) is 10.6. The van der Waals surface area contributed by atoms with Crippen molar-refractivity contribution in [1.29, 1.82) is 0 Å². The molecule has 0 spiro atoms. The molecule has 2 rings (SSSR count). The van der Waals surface area contributed by atoms with Crippen molar-refractivity contribution in [1.82, 2.24) is 4.90 Å². The summed E-state index contributed by atoms with van der Waals surface area (Å²) in [6.45, 7) is 5.96. The Bertz CT molecular complexity index is 473. The minimum Gasteiger partial charge on any atom is -0.296 e. The fraction of sp³-hybridized carbons (Fsp3) is 0.571. The molecule has 0 heterocycles. The van der Waals surface area contributed by atoms with Gasteiger partial charge in [-0.15, -0.1) is 0 Å². The average Bonchev–Trinajstić information content (AvgIpc) is 3.10. The zero-order valence-electron chi connectivity index (χ0n) is 11.3. The molecule has 1 fully saturated rings. The van der Waals surface area contributed by atoms with E-state index >= 15 is 0 Å². The van der Waals surface area contributed by atoms with Crippen molar-refractivity contribution >= 4 is 5.69 Å². The van der Waals surface area contributed by atoms with Crippen molar-refractivity contribution in [3.05, 3.63) is 39.7 Å². The van der Waals surface area contributed by atoms with E-state index in [9.17, 15) is 14.5 Å². The summed E-state index contributed by atoms with van der Waals surface area (Å²) < 4.78 is 13.6. The minimum absolute atomic E-state index is 0.453. The highest BCUT2D eigenvalue weighted by atomic mass is 19.1. The predicted octanol–water partition coefficient (Wildman–Crippen LogP) is 3.35. The average molecular weight is 266 g/mol. The first-order valence-corrected chi connectivity index (χ1v) is 6.64. The summed E-state index contributed by atoms with van der Waals surface area (Å²) in [7, 11) is 0. The topological polar surface area (TPSA) is 46.4 Å². The molecule has 0 saturated heterocycles. The largest absolute Gasteiger partial charge is 0.304 e. The van der Waals surface area contributed by atoms with Crippen LogP contribution < -0.4 is 0 Å². The molecule has 104 valence electrons. The lowest BCUT2D eigenvalue weighted by atomic mass is 10.1. The highest BCUT2D eigenvalue weighted by Crippen LogP contribution is 2.29. The number of nitrogens with zero attached hydrogens (tertiary/aromatic N) is 2. The van der Waals surface area contributed by atoms with Gasteiger partial charge in [0.1, 0.15) is 0 Å². The first-order valence-electron chi connectivity index (χ1n) is 6.64. The second-order valence-electron chi connectivity index (χ2n) is 5.60. The van der Waals surface area contributed by atoms with Gasteiger partial charge in [0.25, 0.3) is 0 Å². The molecule has 1 aromatic rings. The van der Waals surface area contributed by atoms with Crippen LogP contribution in [-0.4, -0.2) is 22.4 Å². The Kier molecular flexibility index (Phi) is 4.14. The summed E-state index contributed by atoms with van der Waals surface area (Å²) in [6.07, 6.45) is 2.39. The molecule has 0 bridgehead atoms. The summed E-state index contributed by atoms with van der Waals surface area (Å²) in [5.74, 6) is -0.189. The van der Waals surface area contributed by atoms with E-state index in [1.165, 1.54) is 25.0 Å². The van der Waals surface area contributed by atoms with Crippen LogP contribution in [0.5, 0.6) is 0 Å². The van der Waals surface area contributed by atoms with Crippen molar-refractivity contribution in [3.63, 3.8) is 0 Å². The molecule has 1 aliphatic rings. The first kappa shape index (κ1) is 13.9. The van der Waals surface area contributed by atoms with Crippen LogP contribution in [0.4, 0.5) is 10.1 Å². The highest BCUT2D eigenvalue weighted by Gasteiger charge is 2.29. The molecule has 0 radical (unpaired) electrons. The van der Waals surface area contributed by atoms with E-state index in [-0.39, 0.29) is 0 Å². The van der Waals surface area contributed by atoms with Gasteiger partial charge in [-0.3, -0.25) is 15.0 Å². The molecule has 0 unspecified atom stereocenters. The third-order valence-corrected chi connectivity index (χ3v) is 3.26. The summed E-state index contributed by atoms with van der Waals surface area (Å²) in [6, 6.07) is 4.79. The van der Waals surface area contributed by atoms with E-state index in [2.05, 4.69) is 18.7 Å². The maximum Gasteiger partial charge on any atom is 0.304 e. The van der Waals surface area contributed by atoms with Gasteiger partial charge >= 0.3 is 5.69 Å². The van der Waals surface area contributed by atoms with Gasteiger partial charge in [0, 0.05) is 25.2 Å². The number of nitro groups is 1. The molecular weight excluding hydrogens is 247 g/mol. The lowest BCUT2D eigenvalue weighted by Gasteiger charge is -2.24. The molecule has 5 heteroatoms. The molecule has 0 N–H and O–H groups in total. The molecule has 0 aliphatic heterocycles. The summed E-state index contributed by atoms with van der Waals surface area (Å²) in [5.41, 5.74) is 0.348. The SMILES string of the molecule is CC(C)CN(Cc1ccc([N+](=O)[O-])c(F)c1)C1CC1. The smallest absolute Gasteiger partial charge is 0.296 e. The zero-order chi connectivity index (χ0) is 14.0. The van der Waals surface area contributed by atoms with E-state index in [0.29, 0.717) is 18.5 Å². The third-order valence-electron chi connectivity index (χ3n) is 3.26. The number of hydrogen-bond donors (Lipinski definition) is 0. The number of benzene rings is 1. The molecule has 1 aliphatic carbocycles. The minimum atomic E-state index is -0.747. The Balaban J connectivity index is 2.08. The van der Waals surface area contributed by atoms with Gasteiger partial charge in [-0.05, 0) is 30.4 Å². The van der Waals surface area contributed by atoms with Crippen molar-refractivity contribution in [2.24, 2.45) is 5.92 Å². The highest BCUT2D eigenvalue weighted by molar-refractivity contribution is 5.35. The zero-order valence-corrected chi connectivity index (χ0v) is 11.3. The molecule has 19 heavy (non-hydrogen) atoms. The maximum absolute atomic E-state index is 13.6. The van der Waals surface area contributed by atoms with Gasteiger partial charge < -0.3 is 0 Å². The third kappa shape index (κ3) is 3.73. The van der Waals surface area contributed by atoms with Crippen LogP contribution in [0.15, 0.2) is 18.2 Å². The van der Waals surface area contributed by atoms with Gasteiger partial charge in [-0.1, -0.05) is 19.9 Å². The van der Waals surface area contributed by atoms with Crippen LogP contribution in [-0.2, 0) is 6.54 Å². The first-order chi connectivity index (χ1) is 8.97. The Morgan fingerprint density at radius 1 is 1.47 bits per heavy atom. The molecule has 0 aromatic heterocycles. The molecule has 4 nitrogen and oxygen atoms in total. The van der Waals surface area contributed by atoms with E-state index in [1.807, 2.05) is 0 Å². The summed E-state index contributed by atoms with van der Waals surface area (Å²) >= 11 is 0. The fourth-order valence-electron chi connectivity index (χ4n) is 2.28. The second kappa shape index (κ2) is 5.65. The van der Waals surface area contributed by atoms with Crippen molar-refractivity contribution < 1.29 is 9.31 Å². The number of rotatable bonds is 6. The maximum atomic E-state index is 13.6. The molecule has 1 saturated carbocycles. The van der Waals surface area contributed by atoms with Gasteiger partial charge in [0.15, 0.2) is 0 Å². The Morgan fingerprint density at radius 3 is 2.63 bits per heavy atom. The fourth-order valence-corrected chi connectivity index (χ4v) is 2.28. The monoisotopic (exact) mass is 266 g/mol. The summed E-state index contributed by atoms with van der Waals surface area (Å²) in [4.78, 5) is 12.2. The Morgan fingerprint density at radius 2 is 2.16 bits per heavy atom. The van der Waals surface area contributed by atoms with E-state index in [1.54, 1.807) is 6.07 Å². The van der Waals surface area contributed by atoms with Gasteiger partial charge in [0.05, 0.1) is 4.92 Å². The molecule has 1 aromatic carbocycles. The van der Waals surface area contributed by atoms with Crippen molar-refractivity contribution in [3.8, 4) is 0 Å². The molecular formula is C14H19FN2O2. The lowest BCUT2D eigenvalue weighted by Crippen LogP contribution is -2.29. The Hall–Kier alpha value is -1.49. The lowest BCUT2D eigenvalue weighted by molar-refractivity contribution is -0.387. The van der Waals surface area contributed by atoms with Crippen LogP contribution >= 0.6 is 0 Å². The standard InChI is InChI=1S/C14H19FN2O2/c1-10(2)8-16(12-4-5-12)9-11-3-6-14(17(18)19)13(15)7-11/h3,6-7,10,12H,4-5,8-9H2,1-2H3. The van der Waals surface area contributed by atoms with E-state index < -0.39 is 16.4 Å². The van der Waals surface area contributed by atoms with E-state index in [0.717, 1.165) is 12.1 Å². The van der Waals surface area contributed by atoms with Gasteiger partial charge in [-0.25, -0.2) is 0 Å². The van der Waals surface area contributed by atoms with Crippen LogP contribution in [0, 0.1) is 21.8 Å². The normalized spacial score (nSPS) is 15.2. The van der Waals surface area contributed by atoms with Gasteiger partial charge in [0.2, 0.25) is 5.82 Å². The van der Waals surface area contributed by atoms with Crippen LogP contribution in [0.3, 0.4) is 0 Å². The number of nitro benzene ring substituents is 1. The van der Waals surface area contributed by atoms with Crippen molar-refractivity contribution in [2.75, 3.05) is 6.54 Å². The number of hydrogen-bond acceptors (Lipinski definition) is 3. The van der Waals surface area contributed by atoms with Crippen molar-refractivity contribution in [2.45, 2.75) is 39.3 Å². The quantitative estimate of drug-likeness (QED) is 0.586. The van der Waals surface area contributed by atoms with Crippen LogP contribution in [0.1, 0.15) is 32.3 Å². The van der Waals surface area contributed by atoms with Crippen LogP contribution in [0.25, 0.3) is 0 Å². The predicted molar refractivity (Wildman–Crippen MR) is 71.3 cm³/mol. The number of halogens is 1. The molecule has 0 atom stereocenters. The van der Waals surface area contributed by atoms with Crippen LogP contribution in [0.2, 0.25) is 0 Å².